The molecule has 1 atom stereocenters. The second-order valence-corrected chi connectivity index (χ2v) is 10.6. The first kappa shape index (κ1) is 30.9. The summed E-state index contributed by atoms with van der Waals surface area (Å²) in [6.45, 7) is 7.96. The van der Waals surface area contributed by atoms with Crippen LogP contribution < -0.4 is 15.8 Å². The fourth-order valence-electron chi connectivity index (χ4n) is 4.04. The first-order chi connectivity index (χ1) is 18.9. The molecule has 0 radical (unpaired) electrons. The Morgan fingerprint density at radius 3 is 2.70 bits per heavy atom. The van der Waals surface area contributed by atoms with Crippen molar-refractivity contribution in [2.24, 2.45) is 10.7 Å². The number of carbonyl (C=O) groups excluding carboxylic acids is 1. The molecule has 0 fully saturated rings. The van der Waals surface area contributed by atoms with E-state index in [2.05, 4.69) is 15.3 Å². The predicted molar refractivity (Wildman–Crippen MR) is 157 cm³/mol. The smallest absolute Gasteiger partial charge is 0.407 e. The molecular formula is C29H38ClN5O5. The standard InChI is InChI=1S/C29H38ClN5O5/c1-18(32-5)22(26(31)27(36)38-6)12-14-39-24-15-20(30)8-9-23(24)19-7-10-25-34-16-21(35(25)17-19)11-13-33-28(37)40-29(2,3)4/h7-10,15-17,27,36H,11-14,31H2,1-6H3,(H,33,37)/b26-22-,32-18?. The van der Waals surface area contributed by atoms with E-state index in [0.717, 1.165) is 22.5 Å². The third-order valence-corrected chi connectivity index (χ3v) is 6.34. The van der Waals surface area contributed by atoms with Crippen molar-refractivity contribution in [1.29, 1.82) is 0 Å². The quantitative estimate of drug-likeness (QED) is 0.223. The molecule has 0 aliphatic rings. The second kappa shape index (κ2) is 13.6. The summed E-state index contributed by atoms with van der Waals surface area (Å²) in [5, 5.41) is 13.4. The number of aliphatic hydroxyl groups excluding tert-OH is 1. The molecule has 216 valence electrons. The van der Waals surface area contributed by atoms with Gasteiger partial charge in [-0.25, -0.2) is 9.78 Å². The molecule has 0 aliphatic heterocycles. The number of hydrogen-bond donors (Lipinski definition) is 3. The van der Waals surface area contributed by atoms with Crippen molar-refractivity contribution < 1.29 is 24.1 Å². The molecule has 1 amide bonds. The van der Waals surface area contributed by atoms with Crippen molar-refractivity contribution in [3.63, 3.8) is 0 Å². The molecule has 10 nitrogen and oxygen atoms in total. The Kier molecular flexibility index (Phi) is 10.6. The van der Waals surface area contributed by atoms with Crippen molar-refractivity contribution in [1.82, 2.24) is 14.7 Å². The SMILES string of the molecule is CN=C(C)/C(CCOc1cc(Cl)ccc1-c1ccc2ncc(CCNC(=O)OC(C)(C)C)n2c1)=C(\N)C(O)OC. The molecule has 11 heteroatoms. The number of benzene rings is 1. The number of imidazole rings is 1. The van der Waals surface area contributed by atoms with E-state index in [0.29, 0.717) is 41.4 Å². The van der Waals surface area contributed by atoms with Gasteiger partial charge in [0.1, 0.15) is 17.0 Å². The number of aliphatic hydroxyl groups is 1. The first-order valence-electron chi connectivity index (χ1n) is 12.9. The molecule has 0 saturated heterocycles. The maximum Gasteiger partial charge on any atom is 0.407 e. The Morgan fingerprint density at radius 2 is 2.02 bits per heavy atom. The summed E-state index contributed by atoms with van der Waals surface area (Å²) in [4.78, 5) is 20.7. The number of aliphatic imine (C=N–C) groups is 1. The maximum absolute atomic E-state index is 12.0. The summed E-state index contributed by atoms with van der Waals surface area (Å²) in [6, 6.07) is 9.36. The lowest BCUT2D eigenvalue weighted by molar-refractivity contribution is -0.0461. The average molecular weight is 572 g/mol. The number of aromatic nitrogens is 2. The van der Waals surface area contributed by atoms with Crippen LogP contribution in [0.5, 0.6) is 5.75 Å². The summed E-state index contributed by atoms with van der Waals surface area (Å²) in [5.74, 6) is 0.594. The van der Waals surface area contributed by atoms with Crippen LogP contribution in [0.1, 0.15) is 39.8 Å². The van der Waals surface area contributed by atoms with Crippen molar-refractivity contribution in [2.75, 3.05) is 27.3 Å². The molecule has 1 aromatic carbocycles. The highest BCUT2D eigenvalue weighted by Gasteiger charge is 2.17. The van der Waals surface area contributed by atoms with Crippen molar-refractivity contribution in [3.8, 4) is 16.9 Å². The van der Waals surface area contributed by atoms with E-state index in [9.17, 15) is 9.90 Å². The Balaban J connectivity index is 1.80. The third kappa shape index (κ3) is 8.20. The van der Waals surface area contributed by atoms with E-state index in [1.54, 1.807) is 25.4 Å². The van der Waals surface area contributed by atoms with Gasteiger partial charge in [0, 0.05) is 79.1 Å². The summed E-state index contributed by atoms with van der Waals surface area (Å²) < 4.78 is 18.4. The highest BCUT2D eigenvalue weighted by atomic mass is 35.5. The molecule has 2 heterocycles. The fraction of sp³-hybridized carbons (Fsp3) is 0.414. The normalized spacial score (nSPS) is 13.7. The third-order valence-electron chi connectivity index (χ3n) is 6.11. The van der Waals surface area contributed by atoms with E-state index < -0.39 is 18.0 Å². The lowest BCUT2D eigenvalue weighted by Crippen LogP contribution is -2.33. The highest BCUT2D eigenvalue weighted by molar-refractivity contribution is 6.30. The van der Waals surface area contributed by atoms with Crippen molar-refractivity contribution >= 4 is 29.1 Å². The lowest BCUT2D eigenvalue weighted by Gasteiger charge is -2.19. The Labute approximate surface area is 239 Å². The first-order valence-corrected chi connectivity index (χ1v) is 13.3. The summed E-state index contributed by atoms with van der Waals surface area (Å²) in [6.07, 6.45) is 3.05. The molecule has 2 aromatic heterocycles. The van der Waals surface area contributed by atoms with Crippen LogP contribution in [0, 0.1) is 0 Å². The predicted octanol–water partition coefficient (Wildman–Crippen LogP) is 4.76. The van der Waals surface area contributed by atoms with Gasteiger partial charge in [0.25, 0.3) is 0 Å². The van der Waals surface area contributed by atoms with Crippen molar-refractivity contribution in [3.05, 3.63) is 64.7 Å². The van der Waals surface area contributed by atoms with Crippen LogP contribution in [0.25, 0.3) is 16.8 Å². The van der Waals surface area contributed by atoms with Gasteiger partial charge in [0.15, 0.2) is 6.29 Å². The van der Waals surface area contributed by atoms with E-state index in [-0.39, 0.29) is 12.3 Å². The number of amides is 1. The Morgan fingerprint density at radius 1 is 1.27 bits per heavy atom. The number of nitrogens with two attached hydrogens (primary N) is 1. The topological polar surface area (TPSA) is 133 Å². The fourth-order valence-corrected chi connectivity index (χ4v) is 4.21. The minimum atomic E-state index is -1.23. The molecule has 0 aliphatic carbocycles. The van der Waals surface area contributed by atoms with Gasteiger partial charge in [0.2, 0.25) is 0 Å². The van der Waals surface area contributed by atoms with Gasteiger partial charge in [-0.05, 0) is 58.0 Å². The van der Waals surface area contributed by atoms with Crippen LogP contribution in [0.4, 0.5) is 4.79 Å². The van der Waals surface area contributed by atoms with Crippen LogP contribution >= 0.6 is 11.6 Å². The number of fused-ring (bicyclic) bond motifs is 1. The molecule has 3 rings (SSSR count). The summed E-state index contributed by atoms with van der Waals surface area (Å²) >= 11 is 6.32. The molecular weight excluding hydrogens is 534 g/mol. The number of alkyl carbamates (subject to hydrolysis) is 1. The molecule has 3 aromatic rings. The van der Waals surface area contributed by atoms with Crippen molar-refractivity contribution in [2.45, 2.75) is 52.4 Å². The van der Waals surface area contributed by atoms with Crippen LogP contribution in [0.15, 0.2) is 59.0 Å². The minimum absolute atomic E-state index is 0.194. The van der Waals surface area contributed by atoms with E-state index in [1.165, 1.54) is 7.11 Å². The molecule has 0 bridgehead atoms. The van der Waals surface area contributed by atoms with Crippen LogP contribution in [-0.2, 0) is 15.9 Å². The van der Waals surface area contributed by atoms with E-state index in [1.807, 2.05) is 56.5 Å². The van der Waals surface area contributed by atoms with Gasteiger partial charge in [-0.15, -0.1) is 0 Å². The zero-order valence-electron chi connectivity index (χ0n) is 23.8. The van der Waals surface area contributed by atoms with Gasteiger partial charge >= 0.3 is 6.09 Å². The van der Waals surface area contributed by atoms with Gasteiger partial charge in [-0.2, -0.15) is 0 Å². The number of nitrogens with one attached hydrogen (secondary N) is 1. The molecule has 0 saturated carbocycles. The Hall–Kier alpha value is -3.60. The number of methoxy groups -OCH3 is 1. The zero-order chi connectivity index (χ0) is 29.4. The monoisotopic (exact) mass is 571 g/mol. The number of hydrogen-bond acceptors (Lipinski definition) is 8. The second-order valence-electron chi connectivity index (χ2n) is 10.1. The lowest BCUT2D eigenvalue weighted by atomic mass is 10.0. The van der Waals surface area contributed by atoms with Crippen LogP contribution in [0.2, 0.25) is 5.02 Å². The maximum atomic E-state index is 12.0. The van der Waals surface area contributed by atoms with Crippen LogP contribution in [0.3, 0.4) is 0 Å². The zero-order valence-corrected chi connectivity index (χ0v) is 24.6. The largest absolute Gasteiger partial charge is 0.493 e. The highest BCUT2D eigenvalue weighted by Crippen LogP contribution is 2.33. The number of ether oxygens (including phenoxy) is 3. The van der Waals surface area contributed by atoms with E-state index >= 15 is 0 Å². The average Bonchev–Trinajstić information content (AvgIpc) is 3.31. The van der Waals surface area contributed by atoms with Gasteiger partial charge < -0.3 is 34.8 Å². The number of halogens is 1. The number of rotatable bonds is 11. The molecule has 40 heavy (non-hydrogen) atoms. The van der Waals surface area contributed by atoms with Gasteiger partial charge in [-0.3, -0.25) is 4.99 Å². The number of nitrogens with zero attached hydrogens (tertiary/aromatic N) is 3. The van der Waals surface area contributed by atoms with E-state index in [4.69, 9.17) is 31.5 Å². The summed E-state index contributed by atoms with van der Waals surface area (Å²) in [7, 11) is 3.04. The number of pyridine rings is 1. The molecule has 0 spiro atoms. The molecule has 4 N–H and O–H groups in total. The Bertz CT molecular complexity index is 1390. The summed E-state index contributed by atoms with van der Waals surface area (Å²) in [5.41, 5.74) is 10.5. The molecule has 1 unspecified atom stereocenters. The van der Waals surface area contributed by atoms with Crippen LogP contribution in [-0.4, -0.2) is 65.5 Å². The van der Waals surface area contributed by atoms with Gasteiger partial charge in [0.05, 0.1) is 12.3 Å². The minimum Gasteiger partial charge on any atom is -0.493 e. The van der Waals surface area contributed by atoms with Gasteiger partial charge in [-0.1, -0.05) is 11.6 Å². The number of carbonyl (C=O) groups is 1.